The number of ether oxygens (including phenoxy) is 2. The van der Waals surface area contributed by atoms with Crippen molar-refractivity contribution in [1.82, 2.24) is 0 Å². The Labute approximate surface area is 129 Å². The number of benzene rings is 2. The molecule has 2 nitrogen and oxygen atoms in total. The summed E-state index contributed by atoms with van der Waals surface area (Å²) in [6.07, 6.45) is 2.01. The Bertz CT molecular complexity index is 555. The van der Waals surface area contributed by atoms with Gasteiger partial charge in [-0.3, -0.25) is 0 Å². The zero-order valence-corrected chi connectivity index (χ0v) is 14.8. The van der Waals surface area contributed by atoms with Crippen LogP contribution < -0.4 is 19.8 Å². The predicted octanol–water partition coefficient (Wildman–Crippen LogP) is 1.95. The van der Waals surface area contributed by atoms with Crippen molar-refractivity contribution in [3.8, 4) is 11.5 Å². The fraction of sp³-hybridized carbons (Fsp3) is 0.333. The molecule has 0 unspecified atom stereocenters. The molecule has 0 bridgehead atoms. The van der Waals surface area contributed by atoms with Gasteiger partial charge in [0.1, 0.15) is 11.5 Å². The lowest BCUT2D eigenvalue weighted by atomic mass is 10.1. The second-order valence-corrected chi connectivity index (χ2v) is 7.16. The molecule has 112 valence electrons. The molecule has 21 heavy (non-hydrogen) atoms. The van der Waals surface area contributed by atoms with Crippen LogP contribution in [0.15, 0.2) is 36.4 Å². The smallest absolute Gasteiger partial charge is 0.121 e. The molecule has 0 N–H and O–H groups in total. The third-order valence-corrected chi connectivity index (χ3v) is 5.57. The monoisotopic (exact) mass is 300 g/mol. The van der Waals surface area contributed by atoms with Gasteiger partial charge in [-0.2, -0.15) is 0 Å². The van der Waals surface area contributed by atoms with Crippen molar-refractivity contribution < 1.29 is 9.47 Å². The molecule has 2 aromatic rings. The average Bonchev–Trinajstić information content (AvgIpc) is 2.54. The van der Waals surface area contributed by atoms with Crippen LogP contribution in [0, 0.1) is 0 Å². The van der Waals surface area contributed by atoms with E-state index in [0.29, 0.717) is 0 Å². The molecule has 2 rings (SSSR count). The van der Waals surface area contributed by atoms with Crippen molar-refractivity contribution in [1.29, 1.82) is 0 Å². The van der Waals surface area contributed by atoms with Crippen molar-refractivity contribution in [2.45, 2.75) is 26.7 Å². The molecule has 0 aliphatic heterocycles. The van der Waals surface area contributed by atoms with Crippen LogP contribution in [0.2, 0.25) is 0 Å². The van der Waals surface area contributed by atoms with Crippen molar-refractivity contribution >= 4 is 19.9 Å². The highest BCUT2D eigenvalue weighted by Gasteiger charge is 2.07. The number of hydrogen-bond acceptors (Lipinski definition) is 2. The van der Waals surface area contributed by atoms with Crippen LogP contribution in [0.3, 0.4) is 0 Å². The van der Waals surface area contributed by atoms with Gasteiger partial charge in [0.25, 0.3) is 0 Å². The van der Waals surface area contributed by atoms with Crippen LogP contribution >= 0.6 is 0 Å². The van der Waals surface area contributed by atoms with E-state index >= 15 is 0 Å². The van der Waals surface area contributed by atoms with Crippen LogP contribution in [0.5, 0.6) is 11.5 Å². The lowest BCUT2D eigenvalue weighted by Crippen LogP contribution is -2.27. The predicted molar refractivity (Wildman–Crippen MR) is 92.6 cm³/mol. The minimum Gasteiger partial charge on any atom is -0.496 e. The second kappa shape index (κ2) is 7.32. The van der Waals surface area contributed by atoms with Crippen LogP contribution in [0.4, 0.5) is 0 Å². The van der Waals surface area contributed by atoms with E-state index in [0.717, 1.165) is 24.3 Å². The first-order valence-electron chi connectivity index (χ1n) is 7.53. The van der Waals surface area contributed by atoms with E-state index in [1.807, 2.05) is 0 Å². The summed E-state index contributed by atoms with van der Waals surface area (Å²) in [4.78, 5) is 0. The quantitative estimate of drug-likeness (QED) is 0.759. The van der Waals surface area contributed by atoms with Crippen LogP contribution in [-0.4, -0.2) is 23.7 Å². The van der Waals surface area contributed by atoms with Crippen molar-refractivity contribution in [2.75, 3.05) is 14.2 Å². The van der Waals surface area contributed by atoms with Gasteiger partial charge in [0.05, 0.1) is 23.7 Å². The summed E-state index contributed by atoms with van der Waals surface area (Å²) in [6.45, 7) is 4.31. The summed E-state index contributed by atoms with van der Waals surface area (Å²) < 4.78 is 11.0. The standard InChI is InChI=1S/C18H24O2Si/c1-5-13-7-9-15(11-17(13)19-3)21-16-10-8-14(6-2)18(12-16)20-4/h7-12H,5-6,21H2,1-4H3. The Balaban J connectivity index is 2.25. The van der Waals surface area contributed by atoms with E-state index < -0.39 is 9.52 Å². The topological polar surface area (TPSA) is 18.5 Å². The summed E-state index contributed by atoms with van der Waals surface area (Å²) >= 11 is 0. The van der Waals surface area contributed by atoms with Crippen LogP contribution in [0.1, 0.15) is 25.0 Å². The van der Waals surface area contributed by atoms with Gasteiger partial charge in [-0.1, -0.05) is 48.5 Å². The number of methoxy groups -OCH3 is 2. The maximum Gasteiger partial charge on any atom is 0.121 e. The highest BCUT2D eigenvalue weighted by Crippen LogP contribution is 2.18. The van der Waals surface area contributed by atoms with Gasteiger partial charge in [-0.05, 0) is 36.1 Å². The molecule has 0 radical (unpaired) electrons. The molecule has 0 heterocycles. The third-order valence-electron chi connectivity index (χ3n) is 3.87. The molecule has 0 aromatic heterocycles. The fourth-order valence-corrected chi connectivity index (χ4v) is 4.14. The SMILES string of the molecule is CCc1ccc([SiH2]c2ccc(CC)c(OC)c2)cc1OC. The van der Waals surface area contributed by atoms with Gasteiger partial charge in [0, 0.05) is 0 Å². The van der Waals surface area contributed by atoms with Crippen LogP contribution in [0.25, 0.3) is 0 Å². The molecule has 2 aromatic carbocycles. The normalized spacial score (nSPS) is 10.5. The largest absolute Gasteiger partial charge is 0.496 e. The summed E-state index contributed by atoms with van der Waals surface area (Å²) in [5, 5.41) is 2.80. The van der Waals surface area contributed by atoms with Gasteiger partial charge < -0.3 is 9.47 Å². The van der Waals surface area contributed by atoms with E-state index in [2.05, 4.69) is 50.2 Å². The first-order chi connectivity index (χ1) is 10.2. The number of aryl methyl sites for hydroxylation is 2. The highest BCUT2D eigenvalue weighted by atomic mass is 28.2. The summed E-state index contributed by atoms with van der Waals surface area (Å²) in [5.41, 5.74) is 2.54. The Kier molecular flexibility index (Phi) is 5.45. The minimum atomic E-state index is -0.503. The zero-order chi connectivity index (χ0) is 15.2. The van der Waals surface area contributed by atoms with E-state index in [-0.39, 0.29) is 0 Å². The van der Waals surface area contributed by atoms with Crippen molar-refractivity contribution in [3.63, 3.8) is 0 Å². The lowest BCUT2D eigenvalue weighted by molar-refractivity contribution is 0.410. The minimum absolute atomic E-state index is 0.503. The van der Waals surface area contributed by atoms with E-state index in [1.54, 1.807) is 14.2 Å². The molecular weight excluding hydrogens is 276 g/mol. The molecule has 0 aliphatic carbocycles. The summed E-state index contributed by atoms with van der Waals surface area (Å²) in [6, 6.07) is 13.3. The summed E-state index contributed by atoms with van der Waals surface area (Å²) in [7, 11) is 2.99. The van der Waals surface area contributed by atoms with Crippen molar-refractivity contribution in [2.24, 2.45) is 0 Å². The number of hydrogen-bond donors (Lipinski definition) is 0. The average molecular weight is 300 g/mol. The molecule has 0 amide bonds. The summed E-state index contributed by atoms with van der Waals surface area (Å²) in [5.74, 6) is 2.03. The van der Waals surface area contributed by atoms with Gasteiger partial charge in [-0.25, -0.2) is 0 Å². The van der Waals surface area contributed by atoms with Crippen molar-refractivity contribution in [3.05, 3.63) is 47.5 Å². The van der Waals surface area contributed by atoms with E-state index in [1.165, 1.54) is 21.5 Å². The van der Waals surface area contributed by atoms with Gasteiger partial charge in [0.15, 0.2) is 0 Å². The molecule has 3 heteroatoms. The molecular formula is C18H24O2Si. The number of rotatable bonds is 6. The first-order valence-corrected chi connectivity index (χ1v) is 8.94. The molecule has 0 atom stereocenters. The Hall–Kier alpha value is -1.74. The Morgan fingerprint density at radius 2 is 1.19 bits per heavy atom. The maximum atomic E-state index is 5.49. The lowest BCUT2D eigenvalue weighted by Gasteiger charge is -2.11. The Morgan fingerprint density at radius 3 is 1.52 bits per heavy atom. The fourth-order valence-electron chi connectivity index (χ4n) is 2.62. The van der Waals surface area contributed by atoms with E-state index in [9.17, 15) is 0 Å². The van der Waals surface area contributed by atoms with E-state index in [4.69, 9.17) is 9.47 Å². The van der Waals surface area contributed by atoms with Gasteiger partial charge in [-0.15, -0.1) is 0 Å². The van der Waals surface area contributed by atoms with Gasteiger partial charge in [0.2, 0.25) is 0 Å². The first kappa shape index (κ1) is 15.6. The second-order valence-electron chi connectivity index (χ2n) is 5.18. The highest BCUT2D eigenvalue weighted by molar-refractivity contribution is 6.67. The molecule has 0 fully saturated rings. The molecule has 0 spiro atoms. The Morgan fingerprint density at radius 1 is 0.762 bits per heavy atom. The molecule has 0 saturated heterocycles. The maximum absolute atomic E-state index is 5.49. The van der Waals surface area contributed by atoms with Crippen LogP contribution in [-0.2, 0) is 12.8 Å². The molecule has 0 saturated carbocycles. The molecule has 0 aliphatic rings. The van der Waals surface area contributed by atoms with Gasteiger partial charge >= 0.3 is 0 Å². The zero-order valence-electron chi connectivity index (χ0n) is 13.4. The third kappa shape index (κ3) is 3.67.